The molecule has 2 aromatic carbocycles. The molecular weight excluding hydrogens is 306 g/mol. The standard InChI is InChI=1S/C19H21NO4/c1-2-14-7-3-4-8-16(14)23-13-19(21)20-11-15-12-22-17-9-5-6-10-18(17)24-15/h3-10,15H,2,11-13H2,1H3,(H,20,21)/t15-/m0/s1. The molecule has 1 atom stereocenters. The number of hydrogen-bond donors (Lipinski definition) is 1. The number of nitrogens with one attached hydrogen (secondary N) is 1. The number of hydrogen-bond acceptors (Lipinski definition) is 4. The molecule has 0 saturated heterocycles. The zero-order chi connectivity index (χ0) is 16.8. The Kier molecular flexibility index (Phi) is 5.21. The average molecular weight is 327 g/mol. The van der Waals surface area contributed by atoms with E-state index in [2.05, 4.69) is 12.2 Å². The highest BCUT2D eigenvalue weighted by Gasteiger charge is 2.21. The van der Waals surface area contributed by atoms with Gasteiger partial charge in [-0.2, -0.15) is 0 Å². The van der Waals surface area contributed by atoms with Crippen LogP contribution >= 0.6 is 0 Å². The van der Waals surface area contributed by atoms with Gasteiger partial charge >= 0.3 is 0 Å². The Bertz CT molecular complexity index is 701. The Morgan fingerprint density at radius 1 is 1.17 bits per heavy atom. The molecule has 0 saturated carbocycles. The van der Waals surface area contributed by atoms with E-state index in [0.29, 0.717) is 18.9 Å². The van der Waals surface area contributed by atoms with Crippen molar-refractivity contribution >= 4 is 5.91 Å². The van der Waals surface area contributed by atoms with Gasteiger partial charge in [-0.3, -0.25) is 4.79 Å². The molecule has 1 aliphatic heterocycles. The molecule has 1 N–H and O–H groups in total. The molecule has 2 aromatic rings. The second-order valence-corrected chi connectivity index (χ2v) is 5.55. The molecule has 24 heavy (non-hydrogen) atoms. The van der Waals surface area contributed by atoms with Crippen molar-refractivity contribution in [2.45, 2.75) is 19.4 Å². The van der Waals surface area contributed by atoms with Crippen molar-refractivity contribution in [1.29, 1.82) is 0 Å². The summed E-state index contributed by atoms with van der Waals surface area (Å²) in [4.78, 5) is 12.0. The molecule has 0 aliphatic carbocycles. The van der Waals surface area contributed by atoms with Crippen LogP contribution in [-0.2, 0) is 11.2 Å². The zero-order valence-corrected chi connectivity index (χ0v) is 13.7. The lowest BCUT2D eigenvalue weighted by Crippen LogP contribution is -2.42. The molecule has 1 amide bonds. The van der Waals surface area contributed by atoms with Crippen LogP contribution in [0, 0.1) is 0 Å². The van der Waals surface area contributed by atoms with Crippen molar-refractivity contribution in [2.75, 3.05) is 19.8 Å². The minimum Gasteiger partial charge on any atom is -0.486 e. The molecule has 0 fully saturated rings. The highest BCUT2D eigenvalue weighted by atomic mass is 16.6. The number of para-hydroxylation sites is 3. The third kappa shape index (κ3) is 3.98. The number of aryl methyl sites for hydroxylation is 1. The maximum atomic E-state index is 12.0. The van der Waals surface area contributed by atoms with Crippen LogP contribution < -0.4 is 19.5 Å². The Labute approximate surface area is 141 Å². The molecular formula is C19H21NO4. The van der Waals surface area contributed by atoms with E-state index >= 15 is 0 Å². The van der Waals surface area contributed by atoms with Crippen LogP contribution in [0.1, 0.15) is 12.5 Å². The van der Waals surface area contributed by atoms with Crippen LogP contribution in [0.5, 0.6) is 17.2 Å². The van der Waals surface area contributed by atoms with E-state index < -0.39 is 0 Å². The molecule has 0 bridgehead atoms. The van der Waals surface area contributed by atoms with Gasteiger partial charge in [0.25, 0.3) is 5.91 Å². The molecule has 1 heterocycles. The fraction of sp³-hybridized carbons (Fsp3) is 0.316. The van der Waals surface area contributed by atoms with E-state index in [9.17, 15) is 4.79 Å². The predicted molar refractivity (Wildman–Crippen MR) is 90.7 cm³/mol. The van der Waals surface area contributed by atoms with Crippen LogP contribution in [0.15, 0.2) is 48.5 Å². The lowest BCUT2D eigenvalue weighted by atomic mass is 10.1. The van der Waals surface area contributed by atoms with E-state index in [1.165, 1.54) is 0 Å². The first kappa shape index (κ1) is 16.2. The minimum absolute atomic E-state index is 0.0127. The van der Waals surface area contributed by atoms with Gasteiger partial charge in [0, 0.05) is 0 Å². The fourth-order valence-electron chi connectivity index (χ4n) is 2.52. The van der Waals surface area contributed by atoms with Crippen molar-refractivity contribution in [2.24, 2.45) is 0 Å². The number of carbonyl (C=O) groups is 1. The Hall–Kier alpha value is -2.69. The predicted octanol–water partition coefficient (Wildman–Crippen LogP) is 2.58. The van der Waals surface area contributed by atoms with Crippen molar-refractivity contribution < 1.29 is 19.0 Å². The summed E-state index contributed by atoms with van der Waals surface area (Å²) in [5, 5.41) is 2.82. The van der Waals surface area contributed by atoms with Crippen LogP contribution in [0.2, 0.25) is 0 Å². The van der Waals surface area contributed by atoms with E-state index in [0.717, 1.165) is 23.5 Å². The summed E-state index contributed by atoms with van der Waals surface area (Å²) in [7, 11) is 0. The number of ether oxygens (including phenoxy) is 3. The topological polar surface area (TPSA) is 56.8 Å². The summed E-state index contributed by atoms with van der Waals surface area (Å²) in [6, 6.07) is 15.2. The SMILES string of the molecule is CCc1ccccc1OCC(=O)NC[C@H]1COc2ccccc2O1. The van der Waals surface area contributed by atoms with E-state index in [-0.39, 0.29) is 18.6 Å². The van der Waals surface area contributed by atoms with Gasteiger partial charge in [-0.25, -0.2) is 0 Å². The summed E-state index contributed by atoms with van der Waals surface area (Å²) >= 11 is 0. The molecule has 3 rings (SSSR count). The first-order chi connectivity index (χ1) is 11.8. The maximum Gasteiger partial charge on any atom is 0.258 e. The summed E-state index contributed by atoms with van der Waals surface area (Å²) in [6.45, 7) is 2.84. The second kappa shape index (κ2) is 7.73. The van der Waals surface area contributed by atoms with Gasteiger partial charge in [0.2, 0.25) is 0 Å². The Balaban J connectivity index is 1.45. The van der Waals surface area contributed by atoms with Gasteiger partial charge in [0.1, 0.15) is 18.5 Å². The Morgan fingerprint density at radius 2 is 1.92 bits per heavy atom. The number of carbonyl (C=O) groups excluding carboxylic acids is 1. The van der Waals surface area contributed by atoms with Gasteiger partial charge in [0.15, 0.2) is 18.1 Å². The van der Waals surface area contributed by atoms with E-state index in [1.807, 2.05) is 48.5 Å². The smallest absolute Gasteiger partial charge is 0.258 e. The molecule has 0 unspecified atom stereocenters. The molecule has 5 heteroatoms. The summed E-state index contributed by atoms with van der Waals surface area (Å²) in [5.41, 5.74) is 1.09. The van der Waals surface area contributed by atoms with Gasteiger partial charge in [-0.1, -0.05) is 37.3 Å². The first-order valence-corrected chi connectivity index (χ1v) is 8.12. The number of benzene rings is 2. The highest BCUT2D eigenvalue weighted by molar-refractivity contribution is 5.77. The average Bonchev–Trinajstić information content (AvgIpc) is 2.64. The van der Waals surface area contributed by atoms with Crippen molar-refractivity contribution in [3.8, 4) is 17.2 Å². The number of rotatable bonds is 6. The van der Waals surface area contributed by atoms with Crippen LogP contribution in [0.4, 0.5) is 0 Å². The molecule has 0 spiro atoms. The lowest BCUT2D eigenvalue weighted by molar-refractivity contribution is -0.123. The molecule has 126 valence electrons. The van der Waals surface area contributed by atoms with Gasteiger partial charge in [-0.05, 0) is 30.2 Å². The third-order valence-corrected chi connectivity index (χ3v) is 3.81. The first-order valence-electron chi connectivity index (χ1n) is 8.12. The van der Waals surface area contributed by atoms with Gasteiger partial charge in [-0.15, -0.1) is 0 Å². The highest BCUT2D eigenvalue weighted by Crippen LogP contribution is 2.30. The third-order valence-electron chi connectivity index (χ3n) is 3.81. The van der Waals surface area contributed by atoms with Gasteiger partial charge in [0.05, 0.1) is 6.54 Å². The van der Waals surface area contributed by atoms with E-state index in [1.54, 1.807) is 0 Å². The molecule has 0 radical (unpaired) electrons. The van der Waals surface area contributed by atoms with Crippen molar-refractivity contribution in [3.63, 3.8) is 0 Å². The Morgan fingerprint density at radius 3 is 2.75 bits per heavy atom. The monoisotopic (exact) mass is 327 g/mol. The molecule has 0 aromatic heterocycles. The van der Waals surface area contributed by atoms with E-state index in [4.69, 9.17) is 14.2 Å². The maximum absolute atomic E-state index is 12.0. The zero-order valence-electron chi connectivity index (χ0n) is 13.7. The summed E-state index contributed by atoms with van der Waals surface area (Å²) in [6.07, 6.45) is 0.663. The molecule has 1 aliphatic rings. The number of amides is 1. The van der Waals surface area contributed by atoms with Crippen LogP contribution in [0.3, 0.4) is 0 Å². The fourth-order valence-corrected chi connectivity index (χ4v) is 2.52. The van der Waals surface area contributed by atoms with Gasteiger partial charge < -0.3 is 19.5 Å². The van der Waals surface area contributed by atoms with Crippen LogP contribution in [0.25, 0.3) is 0 Å². The quantitative estimate of drug-likeness (QED) is 0.886. The largest absolute Gasteiger partial charge is 0.486 e. The normalized spacial score (nSPS) is 15.6. The van der Waals surface area contributed by atoms with Crippen LogP contribution in [-0.4, -0.2) is 31.8 Å². The lowest BCUT2D eigenvalue weighted by Gasteiger charge is -2.26. The van der Waals surface area contributed by atoms with Crippen molar-refractivity contribution in [3.05, 3.63) is 54.1 Å². The second-order valence-electron chi connectivity index (χ2n) is 5.55. The number of fused-ring (bicyclic) bond motifs is 1. The summed E-state index contributed by atoms with van der Waals surface area (Å²) < 4.78 is 17.0. The van der Waals surface area contributed by atoms with Crippen molar-refractivity contribution in [1.82, 2.24) is 5.32 Å². The molecule has 5 nitrogen and oxygen atoms in total. The summed E-state index contributed by atoms with van der Waals surface area (Å²) in [5.74, 6) is 2.01. The minimum atomic E-state index is -0.202.